The van der Waals surface area contributed by atoms with Crippen LogP contribution in [0.15, 0.2) is 71.8 Å². The lowest BCUT2D eigenvalue weighted by Gasteiger charge is -2.13. The molecule has 13 heteroatoms. The van der Waals surface area contributed by atoms with Crippen molar-refractivity contribution in [2.75, 3.05) is 25.3 Å². The second-order valence-electron chi connectivity index (χ2n) is 8.23. The number of nitrogens with one attached hydrogen (secondary N) is 1. The Bertz CT molecular complexity index is 1810. The van der Waals surface area contributed by atoms with E-state index in [4.69, 9.17) is 19.9 Å². The SMILES string of the molecule is COc1cc2nccc(Oc3ccc(NC(=O)c4cnc(N)n(-c5ccc(F)cc5)c4=O)cc3F)c2nc1OC. The number of nitrogens with zero attached hydrogens (tertiary/aromatic N) is 4. The molecule has 0 aliphatic carbocycles. The molecule has 3 aromatic heterocycles. The first-order valence-electron chi connectivity index (χ1n) is 11.6. The zero-order valence-corrected chi connectivity index (χ0v) is 21.0. The Balaban J connectivity index is 1.40. The number of hydrogen-bond donors (Lipinski definition) is 2. The second kappa shape index (κ2) is 10.6. The van der Waals surface area contributed by atoms with E-state index in [0.717, 1.165) is 29.0 Å². The van der Waals surface area contributed by atoms with Crippen molar-refractivity contribution < 1.29 is 27.8 Å². The van der Waals surface area contributed by atoms with Crippen LogP contribution in [0.2, 0.25) is 0 Å². The van der Waals surface area contributed by atoms with Gasteiger partial charge in [0.2, 0.25) is 5.95 Å². The van der Waals surface area contributed by atoms with Gasteiger partial charge >= 0.3 is 0 Å². The maximum atomic E-state index is 15.0. The van der Waals surface area contributed by atoms with Crippen LogP contribution in [0.4, 0.5) is 20.4 Å². The van der Waals surface area contributed by atoms with Gasteiger partial charge in [-0.05, 0) is 36.4 Å². The van der Waals surface area contributed by atoms with Gasteiger partial charge in [-0.2, -0.15) is 0 Å². The van der Waals surface area contributed by atoms with E-state index in [-0.39, 0.29) is 40.3 Å². The number of hydrogen-bond acceptors (Lipinski definition) is 9. The summed E-state index contributed by atoms with van der Waals surface area (Å²) in [6, 6.07) is 11.7. The minimum Gasteiger partial charge on any atom is -0.491 e. The van der Waals surface area contributed by atoms with Gasteiger partial charge in [0, 0.05) is 36.3 Å². The van der Waals surface area contributed by atoms with Crippen molar-refractivity contribution in [2.24, 2.45) is 0 Å². The van der Waals surface area contributed by atoms with E-state index in [1.165, 1.54) is 50.7 Å². The van der Waals surface area contributed by atoms with Gasteiger partial charge in [0.15, 0.2) is 23.1 Å². The molecule has 3 heterocycles. The van der Waals surface area contributed by atoms with Gasteiger partial charge in [0.25, 0.3) is 17.3 Å². The molecule has 2 aromatic carbocycles. The lowest BCUT2D eigenvalue weighted by Crippen LogP contribution is -2.30. The predicted octanol–water partition coefficient (Wildman–Crippen LogP) is 4.10. The quantitative estimate of drug-likeness (QED) is 0.308. The third-order valence-corrected chi connectivity index (χ3v) is 5.75. The molecule has 5 rings (SSSR count). The second-order valence-corrected chi connectivity index (χ2v) is 8.23. The topological polar surface area (TPSA) is 143 Å². The van der Waals surface area contributed by atoms with Crippen LogP contribution >= 0.6 is 0 Å². The molecular weight excluding hydrogens is 526 g/mol. The average Bonchev–Trinajstić information content (AvgIpc) is 2.94. The van der Waals surface area contributed by atoms with Crippen LogP contribution in [0.5, 0.6) is 23.1 Å². The van der Waals surface area contributed by atoms with Gasteiger partial charge in [0.1, 0.15) is 16.9 Å². The van der Waals surface area contributed by atoms with Crippen LogP contribution < -0.4 is 30.8 Å². The summed E-state index contributed by atoms with van der Waals surface area (Å²) in [4.78, 5) is 38.3. The van der Waals surface area contributed by atoms with Crippen molar-refractivity contribution in [2.45, 2.75) is 0 Å². The molecule has 202 valence electrons. The summed E-state index contributed by atoms with van der Waals surface area (Å²) in [5.41, 5.74) is 5.67. The Labute approximate surface area is 224 Å². The first-order valence-corrected chi connectivity index (χ1v) is 11.6. The molecule has 0 saturated heterocycles. The van der Waals surface area contributed by atoms with Crippen LogP contribution in [0.25, 0.3) is 16.7 Å². The number of pyridine rings is 2. The third-order valence-electron chi connectivity index (χ3n) is 5.75. The van der Waals surface area contributed by atoms with E-state index < -0.39 is 23.1 Å². The Morgan fingerprint density at radius 2 is 1.73 bits per heavy atom. The number of benzene rings is 2. The van der Waals surface area contributed by atoms with E-state index in [1.807, 2.05) is 0 Å². The zero-order valence-electron chi connectivity index (χ0n) is 21.0. The van der Waals surface area contributed by atoms with Crippen LogP contribution in [0.3, 0.4) is 0 Å². The van der Waals surface area contributed by atoms with E-state index >= 15 is 4.39 Å². The van der Waals surface area contributed by atoms with Crippen LogP contribution in [0.1, 0.15) is 10.4 Å². The molecular formula is C27H20F2N6O5. The highest BCUT2D eigenvalue weighted by Crippen LogP contribution is 2.35. The Hall–Kier alpha value is -5.59. The molecule has 40 heavy (non-hydrogen) atoms. The van der Waals surface area contributed by atoms with Crippen molar-refractivity contribution in [3.8, 4) is 28.8 Å². The summed E-state index contributed by atoms with van der Waals surface area (Å²) in [5, 5.41) is 2.45. The van der Waals surface area contributed by atoms with Crippen molar-refractivity contribution >= 4 is 28.6 Å². The summed E-state index contributed by atoms with van der Waals surface area (Å²) >= 11 is 0. The van der Waals surface area contributed by atoms with Gasteiger partial charge in [-0.25, -0.2) is 23.3 Å². The van der Waals surface area contributed by atoms with Crippen LogP contribution in [-0.4, -0.2) is 39.6 Å². The smallest absolute Gasteiger partial charge is 0.272 e. The molecule has 0 atom stereocenters. The fourth-order valence-corrected chi connectivity index (χ4v) is 3.83. The molecule has 3 N–H and O–H groups in total. The third kappa shape index (κ3) is 4.95. The number of fused-ring (bicyclic) bond motifs is 1. The molecule has 5 aromatic rings. The van der Waals surface area contributed by atoms with Crippen LogP contribution in [-0.2, 0) is 0 Å². The van der Waals surface area contributed by atoms with Crippen LogP contribution in [0, 0.1) is 11.6 Å². The van der Waals surface area contributed by atoms with E-state index in [1.54, 1.807) is 6.07 Å². The molecule has 0 fully saturated rings. The maximum absolute atomic E-state index is 15.0. The molecule has 0 radical (unpaired) electrons. The average molecular weight is 546 g/mol. The summed E-state index contributed by atoms with van der Waals surface area (Å²) in [7, 11) is 2.89. The number of amides is 1. The lowest BCUT2D eigenvalue weighted by molar-refractivity contribution is 0.102. The first kappa shape index (κ1) is 26.0. The molecule has 0 spiro atoms. The fourth-order valence-electron chi connectivity index (χ4n) is 3.83. The molecule has 0 unspecified atom stereocenters. The number of methoxy groups -OCH3 is 2. The van der Waals surface area contributed by atoms with Gasteiger partial charge in [-0.15, -0.1) is 0 Å². The molecule has 1 amide bonds. The van der Waals surface area contributed by atoms with Crippen molar-refractivity contribution in [3.63, 3.8) is 0 Å². The van der Waals surface area contributed by atoms with Gasteiger partial charge in [-0.3, -0.25) is 14.6 Å². The van der Waals surface area contributed by atoms with Crippen molar-refractivity contribution in [1.82, 2.24) is 19.5 Å². The first-order chi connectivity index (χ1) is 19.3. The largest absolute Gasteiger partial charge is 0.491 e. The van der Waals surface area contributed by atoms with E-state index in [2.05, 4.69) is 20.3 Å². The molecule has 0 bridgehead atoms. The number of aromatic nitrogens is 4. The summed E-state index contributed by atoms with van der Waals surface area (Å²) in [6.45, 7) is 0. The Morgan fingerprint density at radius 1 is 0.950 bits per heavy atom. The molecule has 0 saturated carbocycles. The highest BCUT2D eigenvalue weighted by molar-refractivity contribution is 6.04. The number of anilines is 2. The standard InChI is InChI=1S/C27H20F2N6O5/c1-38-22-12-19-23(34-25(22)39-2)21(9-10-31-19)40-20-8-5-15(11-18(20)29)33-24(36)17-13-32-27(30)35(26(17)37)16-6-3-14(28)4-7-16/h3-13H,1-2H3,(H2,30,32)(H,33,36). The molecule has 11 nitrogen and oxygen atoms in total. The maximum Gasteiger partial charge on any atom is 0.272 e. The molecule has 0 aliphatic rings. The fraction of sp³-hybridized carbons (Fsp3) is 0.0741. The van der Waals surface area contributed by atoms with Gasteiger partial charge in [0.05, 0.1) is 25.4 Å². The van der Waals surface area contributed by atoms with Crippen molar-refractivity contribution in [3.05, 3.63) is 94.5 Å². The zero-order chi connectivity index (χ0) is 28.4. The Morgan fingerprint density at radius 3 is 2.42 bits per heavy atom. The minimum absolute atomic E-state index is 0.0449. The normalized spacial score (nSPS) is 10.8. The van der Waals surface area contributed by atoms with E-state index in [9.17, 15) is 14.0 Å². The summed E-state index contributed by atoms with van der Waals surface area (Å²) in [6.07, 6.45) is 2.48. The number of carbonyl (C=O) groups excluding carboxylic acids is 1. The van der Waals surface area contributed by atoms with Gasteiger partial charge in [-0.1, -0.05) is 0 Å². The predicted molar refractivity (Wildman–Crippen MR) is 141 cm³/mol. The number of rotatable bonds is 7. The Kier molecular flexibility index (Phi) is 6.93. The highest BCUT2D eigenvalue weighted by Gasteiger charge is 2.19. The van der Waals surface area contributed by atoms with E-state index in [0.29, 0.717) is 16.8 Å². The lowest BCUT2D eigenvalue weighted by atomic mass is 10.2. The van der Waals surface area contributed by atoms with Crippen molar-refractivity contribution in [1.29, 1.82) is 0 Å². The summed E-state index contributed by atoms with van der Waals surface area (Å²) < 4.78 is 45.5. The number of nitrogen functional groups attached to an aromatic ring is 1. The number of ether oxygens (including phenoxy) is 3. The highest BCUT2D eigenvalue weighted by atomic mass is 19.1. The summed E-state index contributed by atoms with van der Waals surface area (Å²) in [5.74, 6) is -1.76. The minimum atomic E-state index is -0.855. The number of nitrogens with two attached hydrogens (primary N) is 1. The van der Waals surface area contributed by atoms with Gasteiger partial charge < -0.3 is 25.3 Å². The molecule has 0 aliphatic heterocycles. The number of carbonyl (C=O) groups is 1. The monoisotopic (exact) mass is 546 g/mol. The number of halogens is 2.